The van der Waals surface area contributed by atoms with E-state index in [2.05, 4.69) is 25.5 Å². The summed E-state index contributed by atoms with van der Waals surface area (Å²) in [6.45, 7) is 5.23. The number of fused-ring (bicyclic) bond motifs is 5. The van der Waals surface area contributed by atoms with Gasteiger partial charge in [0.05, 0.1) is 0 Å². The maximum absolute atomic E-state index is 13.7. The third-order valence-corrected chi connectivity index (χ3v) is 9.92. The lowest BCUT2D eigenvalue weighted by atomic mass is 9.44. The minimum atomic E-state index is -1.11. The fourth-order valence-electron chi connectivity index (χ4n) is 8.07. The standard InChI is InChI=1S/C25H35FO5/c1-14(4-7-22(30)31-13-26)17-5-6-18-23-19(12-21(29)25(17,18)3)24(2)9-8-16(27)10-15(24)11-20(23)28/h14-15,17-19,23H,4-13H2,1-3H3/t14?,15-,17+,18-,19-,23-,24-,25+/m0/s1. The van der Waals surface area contributed by atoms with Crippen molar-refractivity contribution in [1.82, 2.24) is 0 Å². The highest BCUT2D eigenvalue weighted by atomic mass is 19.1. The minimum Gasteiger partial charge on any atom is -0.434 e. The Morgan fingerprint density at radius 2 is 1.87 bits per heavy atom. The molecule has 0 aromatic rings. The van der Waals surface area contributed by atoms with Crippen LogP contribution in [0.4, 0.5) is 4.39 Å². The van der Waals surface area contributed by atoms with Crippen molar-refractivity contribution in [3.63, 3.8) is 0 Å². The van der Waals surface area contributed by atoms with Gasteiger partial charge in [-0.1, -0.05) is 20.8 Å². The van der Waals surface area contributed by atoms with E-state index in [0.29, 0.717) is 32.1 Å². The van der Waals surface area contributed by atoms with Gasteiger partial charge in [0, 0.05) is 43.4 Å². The Hall–Kier alpha value is -1.59. The quantitative estimate of drug-likeness (QED) is 0.597. The van der Waals surface area contributed by atoms with E-state index in [0.717, 1.165) is 19.3 Å². The van der Waals surface area contributed by atoms with Gasteiger partial charge in [0.15, 0.2) is 0 Å². The molecule has 31 heavy (non-hydrogen) atoms. The van der Waals surface area contributed by atoms with Gasteiger partial charge in [0.2, 0.25) is 6.86 Å². The van der Waals surface area contributed by atoms with Crippen LogP contribution in [0.15, 0.2) is 0 Å². The Labute approximate surface area is 183 Å². The molecule has 6 heteroatoms. The van der Waals surface area contributed by atoms with Crippen LogP contribution in [-0.4, -0.2) is 30.2 Å². The molecule has 0 amide bonds. The zero-order valence-corrected chi connectivity index (χ0v) is 19.0. The smallest absolute Gasteiger partial charge is 0.308 e. The molecule has 4 fully saturated rings. The highest BCUT2D eigenvalue weighted by Crippen LogP contribution is 2.66. The predicted molar refractivity (Wildman–Crippen MR) is 111 cm³/mol. The molecule has 0 bridgehead atoms. The second kappa shape index (κ2) is 8.08. The lowest BCUT2D eigenvalue weighted by molar-refractivity contribution is -0.166. The highest BCUT2D eigenvalue weighted by molar-refractivity contribution is 5.93. The minimum absolute atomic E-state index is 0.0472. The first-order chi connectivity index (χ1) is 14.6. The molecule has 0 heterocycles. The van der Waals surface area contributed by atoms with Gasteiger partial charge in [0.25, 0.3) is 0 Å². The third kappa shape index (κ3) is 3.48. The van der Waals surface area contributed by atoms with Crippen LogP contribution >= 0.6 is 0 Å². The fraction of sp³-hybridized carbons (Fsp3) is 0.840. The summed E-state index contributed by atoms with van der Waals surface area (Å²) in [5.41, 5.74) is -0.656. The highest BCUT2D eigenvalue weighted by Gasteiger charge is 2.66. The molecular formula is C25H35FO5. The number of Topliss-reactive ketones (excluding diaryl/α,β-unsaturated/α-hetero) is 3. The Morgan fingerprint density at radius 1 is 1.13 bits per heavy atom. The Morgan fingerprint density at radius 3 is 2.58 bits per heavy atom. The van der Waals surface area contributed by atoms with E-state index in [1.54, 1.807) is 0 Å². The molecule has 1 unspecified atom stereocenters. The number of ketones is 3. The molecule has 0 radical (unpaired) electrons. The topological polar surface area (TPSA) is 77.5 Å². The summed E-state index contributed by atoms with van der Waals surface area (Å²) in [7, 11) is 0. The Bertz CT molecular complexity index is 793. The van der Waals surface area contributed by atoms with Crippen LogP contribution in [0, 0.1) is 46.3 Å². The summed E-state index contributed by atoms with van der Waals surface area (Å²) in [5, 5.41) is 0. The predicted octanol–water partition coefficient (Wildman–Crippen LogP) is 4.46. The van der Waals surface area contributed by atoms with Crippen LogP contribution in [-0.2, 0) is 23.9 Å². The van der Waals surface area contributed by atoms with Gasteiger partial charge in [0.1, 0.15) is 17.3 Å². The molecule has 172 valence electrons. The average Bonchev–Trinajstić information content (AvgIpc) is 3.07. The van der Waals surface area contributed by atoms with Crippen LogP contribution in [0.5, 0.6) is 0 Å². The normalized spacial score (nSPS) is 43.1. The second-order valence-electron chi connectivity index (χ2n) is 11.1. The van der Waals surface area contributed by atoms with E-state index in [-0.39, 0.29) is 64.7 Å². The van der Waals surface area contributed by atoms with Crippen molar-refractivity contribution < 1.29 is 28.3 Å². The molecule has 0 aliphatic heterocycles. The summed E-state index contributed by atoms with van der Waals surface area (Å²) in [6, 6.07) is 0. The molecule has 0 saturated heterocycles. The molecule has 4 saturated carbocycles. The molecule has 0 N–H and O–H groups in total. The average molecular weight is 435 g/mol. The molecule has 0 aromatic carbocycles. The molecule has 5 nitrogen and oxygen atoms in total. The summed E-state index contributed by atoms with van der Waals surface area (Å²) >= 11 is 0. The zero-order chi connectivity index (χ0) is 22.6. The monoisotopic (exact) mass is 434 g/mol. The molecule has 4 aliphatic rings. The van der Waals surface area contributed by atoms with Crippen molar-refractivity contribution >= 4 is 23.3 Å². The number of rotatable bonds is 5. The van der Waals surface area contributed by atoms with Crippen molar-refractivity contribution in [3.8, 4) is 0 Å². The van der Waals surface area contributed by atoms with Crippen molar-refractivity contribution in [2.24, 2.45) is 46.3 Å². The molecule has 4 aliphatic carbocycles. The number of hydrogen-bond donors (Lipinski definition) is 0. The molecular weight excluding hydrogens is 399 g/mol. The molecule has 4 rings (SSSR count). The first kappa shape index (κ1) is 22.6. The van der Waals surface area contributed by atoms with Gasteiger partial charge in [-0.15, -0.1) is 0 Å². The summed E-state index contributed by atoms with van der Waals surface area (Å²) in [4.78, 5) is 50.7. The largest absolute Gasteiger partial charge is 0.434 e. The van der Waals surface area contributed by atoms with Crippen molar-refractivity contribution in [2.45, 2.75) is 78.6 Å². The summed E-state index contributed by atoms with van der Waals surface area (Å²) < 4.78 is 16.6. The van der Waals surface area contributed by atoms with Crippen LogP contribution in [0.2, 0.25) is 0 Å². The van der Waals surface area contributed by atoms with Gasteiger partial charge in [-0.2, -0.15) is 0 Å². The van der Waals surface area contributed by atoms with E-state index in [1.165, 1.54) is 0 Å². The maximum Gasteiger partial charge on any atom is 0.308 e. The zero-order valence-electron chi connectivity index (χ0n) is 19.0. The Balaban J connectivity index is 1.57. The van der Waals surface area contributed by atoms with Crippen molar-refractivity contribution in [3.05, 3.63) is 0 Å². The number of hydrogen-bond acceptors (Lipinski definition) is 5. The first-order valence-corrected chi connectivity index (χ1v) is 11.9. The first-order valence-electron chi connectivity index (χ1n) is 11.9. The van der Waals surface area contributed by atoms with Gasteiger partial charge in [-0.25, -0.2) is 4.39 Å². The van der Waals surface area contributed by atoms with Crippen LogP contribution in [0.25, 0.3) is 0 Å². The van der Waals surface area contributed by atoms with Gasteiger partial charge in [-0.3, -0.25) is 19.2 Å². The maximum atomic E-state index is 13.7. The number of ether oxygens (including phenoxy) is 1. The van der Waals surface area contributed by atoms with Crippen molar-refractivity contribution in [1.29, 1.82) is 0 Å². The number of alkyl halides is 1. The van der Waals surface area contributed by atoms with E-state index in [9.17, 15) is 23.6 Å². The number of carbonyl (C=O) groups is 4. The van der Waals surface area contributed by atoms with Crippen LogP contribution < -0.4 is 0 Å². The van der Waals surface area contributed by atoms with Gasteiger partial charge < -0.3 is 4.74 Å². The van der Waals surface area contributed by atoms with E-state index in [1.807, 2.05) is 0 Å². The summed E-state index contributed by atoms with van der Waals surface area (Å²) in [5.74, 6) is 0.546. The van der Waals surface area contributed by atoms with Gasteiger partial charge in [-0.05, 0) is 60.7 Å². The number of esters is 1. The number of carbonyl (C=O) groups excluding carboxylic acids is 4. The van der Waals surface area contributed by atoms with E-state index >= 15 is 0 Å². The fourth-order valence-corrected chi connectivity index (χ4v) is 8.07. The van der Waals surface area contributed by atoms with Gasteiger partial charge >= 0.3 is 5.97 Å². The van der Waals surface area contributed by atoms with Crippen LogP contribution in [0.3, 0.4) is 0 Å². The lowest BCUT2D eigenvalue weighted by Gasteiger charge is -2.58. The molecule has 0 spiro atoms. The summed E-state index contributed by atoms with van der Waals surface area (Å²) in [6.07, 6.45) is 5.18. The SMILES string of the molecule is CC(CCC(=O)OCF)[C@H]1CC[C@H]2[C@@H]3C(=O)C[C@@H]4CC(=O)CC[C@]4(C)[C@H]3CC(=O)[C@]12C. The Kier molecular flexibility index (Phi) is 5.89. The molecule has 0 aromatic heterocycles. The van der Waals surface area contributed by atoms with E-state index < -0.39 is 18.2 Å². The van der Waals surface area contributed by atoms with Crippen molar-refractivity contribution in [2.75, 3.05) is 6.86 Å². The van der Waals surface area contributed by atoms with Crippen LogP contribution in [0.1, 0.15) is 78.6 Å². The third-order valence-electron chi connectivity index (χ3n) is 9.92. The molecule has 8 atom stereocenters. The second-order valence-corrected chi connectivity index (χ2v) is 11.1. The van der Waals surface area contributed by atoms with E-state index in [4.69, 9.17) is 0 Å². The number of halogens is 1. The lowest BCUT2D eigenvalue weighted by Crippen LogP contribution is -2.60.